The number of piperazine rings is 1. The first-order valence-electron chi connectivity index (χ1n) is 12.3. The highest BCUT2D eigenvalue weighted by atomic mass is 16.5. The molecule has 1 amide bonds. The molecule has 33 heavy (non-hydrogen) atoms. The summed E-state index contributed by atoms with van der Waals surface area (Å²) in [6, 6.07) is 3.96. The van der Waals surface area contributed by atoms with Crippen LogP contribution in [0.2, 0.25) is 0 Å². The molecule has 0 radical (unpaired) electrons. The lowest BCUT2D eigenvalue weighted by atomic mass is 9.84. The largest absolute Gasteiger partial charge is 0.354 e. The number of aromatic nitrogens is 3. The maximum atomic E-state index is 11.9. The highest BCUT2D eigenvalue weighted by molar-refractivity contribution is 5.75. The summed E-state index contributed by atoms with van der Waals surface area (Å²) in [6.45, 7) is 3.98. The number of carbonyl (C=O) groups is 1. The first-order valence-corrected chi connectivity index (χ1v) is 12.3. The Bertz CT molecular complexity index is 873. The third-order valence-electron chi connectivity index (χ3n) is 7.07. The van der Waals surface area contributed by atoms with Gasteiger partial charge in [-0.25, -0.2) is 10.5 Å². The number of pyridine rings is 1. The van der Waals surface area contributed by atoms with Crippen LogP contribution in [0.5, 0.6) is 0 Å². The molecule has 180 valence electrons. The second kappa shape index (κ2) is 11.6. The monoisotopic (exact) mass is 456 g/mol. The molecular weight excluding hydrogens is 420 g/mol. The quantitative estimate of drug-likeness (QED) is 0.435. The van der Waals surface area contributed by atoms with E-state index in [4.69, 9.17) is 9.73 Å². The number of rotatable bonds is 9. The molecule has 2 aliphatic rings. The van der Waals surface area contributed by atoms with Crippen LogP contribution in [0, 0.1) is 5.92 Å². The average Bonchev–Trinajstić information content (AvgIpc) is 3.35. The Morgan fingerprint density at radius 3 is 2.70 bits per heavy atom. The maximum absolute atomic E-state index is 11.9. The van der Waals surface area contributed by atoms with E-state index in [1.165, 1.54) is 32.1 Å². The Morgan fingerprint density at radius 1 is 1.21 bits per heavy atom. The molecule has 2 N–H and O–H groups in total. The van der Waals surface area contributed by atoms with Crippen LogP contribution in [0.15, 0.2) is 22.9 Å². The second-order valence-corrected chi connectivity index (χ2v) is 9.52. The molecular formula is C24H36N6O3. The molecule has 0 spiro atoms. The fourth-order valence-corrected chi connectivity index (χ4v) is 4.97. The molecule has 9 nitrogen and oxygen atoms in total. The number of nitrogens with zero attached hydrogens (tertiary/aromatic N) is 5. The van der Waals surface area contributed by atoms with E-state index < -0.39 is 5.91 Å². The topological polar surface area (TPSA) is 108 Å². The van der Waals surface area contributed by atoms with E-state index in [1.807, 2.05) is 12.1 Å². The van der Waals surface area contributed by atoms with Crippen molar-refractivity contribution in [2.75, 3.05) is 38.1 Å². The SMILES string of the molecule is CN1CCN(c2ccc(-c3noc([C@H](CCCC4CCCCC4)CC(=O)NO)n3)cn2)CC1. The van der Waals surface area contributed by atoms with Crippen LogP contribution in [0.3, 0.4) is 0 Å². The van der Waals surface area contributed by atoms with Crippen molar-refractivity contribution in [3.63, 3.8) is 0 Å². The van der Waals surface area contributed by atoms with E-state index in [0.29, 0.717) is 11.7 Å². The van der Waals surface area contributed by atoms with Crippen LogP contribution < -0.4 is 10.4 Å². The van der Waals surface area contributed by atoms with Crippen molar-refractivity contribution in [2.24, 2.45) is 5.92 Å². The zero-order valence-corrected chi connectivity index (χ0v) is 19.6. The first-order chi connectivity index (χ1) is 16.1. The third kappa shape index (κ3) is 6.51. The van der Waals surface area contributed by atoms with Gasteiger partial charge in [-0.2, -0.15) is 4.98 Å². The van der Waals surface area contributed by atoms with E-state index in [-0.39, 0.29) is 12.3 Å². The first kappa shape index (κ1) is 23.6. The third-order valence-corrected chi connectivity index (χ3v) is 7.07. The summed E-state index contributed by atoms with van der Waals surface area (Å²) in [5.74, 6) is 2.02. The van der Waals surface area contributed by atoms with Gasteiger partial charge >= 0.3 is 0 Å². The van der Waals surface area contributed by atoms with Crippen molar-refractivity contribution < 1.29 is 14.5 Å². The van der Waals surface area contributed by atoms with Crippen LogP contribution in [0.4, 0.5) is 5.82 Å². The Kier molecular flexibility index (Phi) is 8.28. The number of likely N-dealkylation sites (N-methyl/N-ethyl adjacent to an activating group) is 1. The number of carbonyl (C=O) groups excluding carboxylic acids is 1. The van der Waals surface area contributed by atoms with Crippen LogP contribution in [-0.4, -0.2) is 64.4 Å². The smallest absolute Gasteiger partial charge is 0.244 e. The molecule has 1 atom stereocenters. The minimum Gasteiger partial charge on any atom is -0.354 e. The van der Waals surface area contributed by atoms with Gasteiger partial charge in [0.25, 0.3) is 0 Å². The van der Waals surface area contributed by atoms with Crippen molar-refractivity contribution in [1.82, 2.24) is 25.5 Å². The Balaban J connectivity index is 1.39. The van der Waals surface area contributed by atoms with Crippen molar-refractivity contribution in [3.8, 4) is 11.4 Å². The number of hydroxylamine groups is 1. The zero-order chi connectivity index (χ0) is 23.0. The minimum absolute atomic E-state index is 0.128. The van der Waals surface area contributed by atoms with Gasteiger partial charge in [0, 0.05) is 50.3 Å². The highest BCUT2D eigenvalue weighted by Crippen LogP contribution is 2.31. The van der Waals surface area contributed by atoms with Crippen LogP contribution in [-0.2, 0) is 4.79 Å². The molecule has 1 aliphatic carbocycles. The van der Waals surface area contributed by atoms with E-state index in [2.05, 4.69) is 32.0 Å². The predicted molar refractivity (Wildman–Crippen MR) is 125 cm³/mol. The van der Waals surface area contributed by atoms with Crippen molar-refractivity contribution in [2.45, 2.75) is 63.7 Å². The van der Waals surface area contributed by atoms with Gasteiger partial charge in [-0.05, 0) is 31.5 Å². The fourth-order valence-electron chi connectivity index (χ4n) is 4.97. The predicted octanol–water partition coefficient (Wildman–Crippen LogP) is 3.61. The summed E-state index contributed by atoms with van der Waals surface area (Å²) in [7, 11) is 2.13. The molecule has 1 aliphatic heterocycles. The van der Waals surface area contributed by atoms with Gasteiger partial charge < -0.3 is 14.3 Å². The molecule has 2 aromatic rings. The molecule has 1 saturated carbocycles. The number of hydrogen-bond acceptors (Lipinski definition) is 8. The molecule has 3 heterocycles. The lowest BCUT2D eigenvalue weighted by Crippen LogP contribution is -2.44. The lowest BCUT2D eigenvalue weighted by molar-refractivity contribution is -0.129. The summed E-state index contributed by atoms with van der Waals surface area (Å²) in [4.78, 5) is 25.7. The van der Waals surface area contributed by atoms with Crippen molar-refractivity contribution >= 4 is 11.7 Å². The molecule has 9 heteroatoms. The molecule has 2 aromatic heterocycles. The maximum Gasteiger partial charge on any atom is 0.244 e. The number of anilines is 1. The molecule has 0 unspecified atom stereocenters. The van der Waals surface area contributed by atoms with Gasteiger partial charge in [-0.1, -0.05) is 50.1 Å². The van der Waals surface area contributed by atoms with Crippen molar-refractivity contribution in [1.29, 1.82) is 0 Å². The zero-order valence-electron chi connectivity index (χ0n) is 19.6. The summed E-state index contributed by atoms with van der Waals surface area (Å²) < 4.78 is 5.56. The van der Waals surface area contributed by atoms with Gasteiger partial charge in [0.1, 0.15) is 5.82 Å². The van der Waals surface area contributed by atoms with Gasteiger partial charge in [0.2, 0.25) is 17.6 Å². The lowest BCUT2D eigenvalue weighted by Gasteiger charge is -2.33. The van der Waals surface area contributed by atoms with Gasteiger partial charge in [-0.15, -0.1) is 0 Å². The average molecular weight is 457 g/mol. The van der Waals surface area contributed by atoms with Crippen LogP contribution >= 0.6 is 0 Å². The summed E-state index contributed by atoms with van der Waals surface area (Å²) in [5, 5.41) is 13.2. The molecule has 4 rings (SSSR count). The van der Waals surface area contributed by atoms with Crippen LogP contribution in [0.25, 0.3) is 11.4 Å². The van der Waals surface area contributed by atoms with E-state index >= 15 is 0 Å². The molecule has 0 aromatic carbocycles. The Morgan fingerprint density at radius 2 is 2.00 bits per heavy atom. The van der Waals surface area contributed by atoms with E-state index in [1.54, 1.807) is 11.7 Å². The number of amides is 1. The highest BCUT2D eigenvalue weighted by Gasteiger charge is 2.24. The number of hydrogen-bond donors (Lipinski definition) is 2. The normalized spacial score (nSPS) is 18.9. The summed E-state index contributed by atoms with van der Waals surface area (Å²) in [5.41, 5.74) is 2.52. The van der Waals surface area contributed by atoms with Crippen molar-refractivity contribution in [3.05, 3.63) is 24.2 Å². The Hall–Kier alpha value is -2.52. The minimum atomic E-state index is -0.435. The van der Waals surface area contributed by atoms with Gasteiger partial charge in [0.15, 0.2) is 0 Å². The standard InChI is InChI=1S/C24H36N6O3/c1-29-12-14-30(15-13-29)21-11-10-20(17-25-21)23-26-24(33-28-23)19(16-22(31)27-32)9-5-8-18-6-3-2-4-7-18/h10-11,17-19,32H,2-9,12-16H2,1H3,(H,27,31)/t19-/m1/s1. The second-order valence-electron chi connectivity index (χ2n) is 9.52. The fraction of sp³-hybridized carbons (Fsp3) is 0.667. The van der Waals surface area contributed by atoms with E-state index in [0.717, 1.165) is 62.7 Å². The number of nitrogens with one attached hydrogen (secondary N) is 1. The summed E-state index contributed by atoms with van der Waals surface area (Å²) in [6.07, 6.45) is 11.5. The van der Waals surface area contributed by atoms with Gasteiger partial charge in [-0.3, -0.25) is 10.0 Å². The van der Waals surface area contributed by atoms with Gasteiger partial charge in [0.05, 0.1) is 0 Å². The van der Waals surface area contributed by atoms with Crippen LogP contribution in [0.1, 0.15) is 69.6 Å². The molecule has 1 saturated heterocycles. The summed E-state index contributed by atoms with van der Waals surface area (Å²) >= 11 is 0. The molecule has 0 bridgehead atoms. The van der Waals surface area contributed by atoms with E-state index in [9.17, 15) is 4.79 Å². The Labute approximate surface area is 195 Å². The molecule has 2 fully saturated rings.